The summed E-state index contributed by atoms with van der Waals surface area (Å²) in [7, 11) is 0. The Morgan fingerprint density at radius 3 is 2.77 bits per heavy atom. The van der Waals surface area contributed by atoms with Gasteiger partial charge in [-0.05, 0) is 49.6 Å². The Balaban J connectivity index is 1.83. The minimum Gasteiger partial charge on any atom is -0.463 e. The highest BCUT2D eigenvalue weighted by atomic mass is 32.1. The van der Waals surface area contributed by atoms with E-state index in [0.717, 1.165) is 4.88 Å². The fourth-order valence-corrected chi connectivity index (χ4v) is 5.00. The predicted octanol–water partition coefficient (Wildman–Crippen LogP) is 3.02. The molecule has 3 aromatic rings. The van der Waals surface area contributed by atoms with Gasteiger partial charge in [-0.25, -0.2) is 14.2 Å². The van der Waals surface area contributed by atoms with E-state index < -0.39 is 12.0 Å². The molecule has 1 N–H and O–H groups in total. The van der Waals surface area contributed by atoms with Gasteiger partial charge in [-0.1, -0.05) is 17.4 Å². The van der Waals surface area contributed by atoms with E-state index in [0.29, 0.717) is 26.3 Å². The first-order valence-electron chi connectivity index (χ1n) is 9.23. The molecule has 1 atom stereocenters. The van der Waals surface area contributed by atoms with Gasteiger partial charge in [0.2, 0.25) is 0 Å². The fraction of sp³-hybridized carbons (Fsp3) is 0.190. The minimum absolute atomic E-state index is 0.235. The van der Waals surface area contributed by atoms with Gasteiger partial charge in [-0.2, -0.15) is 0 Å². The number of allylic oxidation sites excluding steroid dienone is 1. The van der Waals surface area contributed by atoms with Crippen molar-refractivity contribution in [2.75, 3.05) is 11.9 Å². The molecular formula is C21H18FN3O3S2. The second-order valence-electron chi connectivity index (χ2n) is 6.47. The number of nitrogens with zero attached hydrogens (tertiary/aromatic N) is 2. The van der Waals surface area contributed by atoms with Gasteiger partial charge in [0.05, 0.1) is 17.9 Å². The minimum atomic E-state index is -0.590. The lowest BCUT2D eigenvalue weighted by Crippen LogP contribution is -2.39. The molecule has 0 fully saturated rings. The number of anilines is 1. The highest BCUT2D eigenvalue weighted by Crippen LogP contribution is 2.33. The summed E-state index contributed by atoms with van der Waals surface area (Å²) in [6.07, 6.45) is 1.58. The maximum absolute atomic E-state index is 13.2. The number of benzene rings is 1. The van der Waals surface area contributed by atoms with Crippen LogP contribution in [0.4, 0.5) is 10.1 Å². The predicted molar refractivity (Wildman–Crippen MR) is 116 cm³/mol. The number of hydrogen-bond donors (Lipinski definition) is 1. The Morgan fingerprint density at radius 1 is 1.33 bits per heavy atom. The summed E-state index contributed by atoms with van der Waals surface area (Å²) in [6, 6.07) is 9.02. The van der Waals surface area contributed by atoms with Crippen LogP contribution in [0.15, 0.2) is 62.8 Å². The number of esters is 1. The van der Waals surface area contributed by atoms with Crippen LogP contribution in [0.2, 0.25) is 0 Å². The Morgan fingerprint density at radius 2 is 2.10 bits per heavy atom. The van der Waals surface area contributed by atoms with Gasteiger partial charge in [0.1, 0.15) is 16.4 Å². The van der Waals surface area contributed by atoms with Gasteiger partial charge < -0.3 is 10.1 Å². The normalized spacial score (nSPS) is 16.2. The number of fused-ring (bicyclic) bond motifs is 1. The highest BCUT2D eigenvalue weighted by molar-refractivity contribution is 7.10. The molecule has 1 aliphatic rings. The number of carbonyl (C=O) groups is 1. The number of carbonyl (C=O) groups excluding carboxylic acids is 1. The number of halogens is 1. The number of rotatable bonds is 5. The van der Waals surface area contributed by atoms with Crippen LogP contribution in [0, 0.1) is 5.82 Å². The van der Waals surface area contributed by atoms with Gasteiger partial charge in [0.25, 0.3) is 5.56 Å². The van der Waals surface area contributed by atoms with Crippen LogP contribution < -0.4 is 20.2 Å². The Bertz CT molecular complexity index is 1290. The zero-order chi connectivity index (χ0) is 21.3. The molecule has 0 aliphatic carbocycles. The van der Waals surface area contributed by atoms with E-state index in [1.807, 2.05) is 17.5 Å². The van der Waals surface area contributed by atoms with E-state index in [1.54, 1.807) is 32.2 Å². The Hall–Kier alpha value is -3.04. The van der Waals surface area contributed by atoms with Gasteiger partial charge in [-0.15, -0.1) is 11.3 Å². The molecule has 30 heavy (non-hydrogen) atoms. The number of hydrogen-bond acceptors (Lipinski definition) is 7. The van der Waals surface area contributed by atoms with E-state index in [1.165, 1.54) is 39.4 Å². The fourth-order valence-electron chi connectivity index (χ4n) is 3.20. The molecule has 6 nitrogen and oxygen atoms in total. The first-order chi connectivity index (χ1) is 14.5. The van der Waals surface area contributed by atoms with Crippen molar-refractivity contribution in [2.24, 2.45) is 4.99 Å². The summed E-state index contributed by atoms with van der Waals surface area (Å²) in [5.74, 6) is -0.811. The van der Waals surface area contributed by atoms with Crippen molar-refractivity contribution in [2.45, 2.75) is 19.9 Å². The second-order valence-corrected chi connectivity index (χ2v) is 8.46. The smallest absolute Gasteiger partial charge is 0.338 e. The second kappa shape index (κ2) is 8.37. The van der Waals surface area contributed by atoms with Crippen molar-refractivity contribution in [3.05, 3.63) is 83.4 Å². The molecule has 4 rings (SSSR count). The molecule has 0 unspecified atom stereocenters. The highest BCUT2D eigenvalue weighted by Gasteiger charge is 2.33. The quantitative estimate of drug-likeness (QED) is 0.616. The van der Waals surface area contributed by atoms with Crippen LogP contribution in [0.3, 0.4) is 0 Å². The van der Waals surface area contributed by atoms with Gasteiger partial charge in [0.15, 0.2) is 4.80 Å². The summed E-state index contributed by atoms with van der Waals surface area (Å²) < 4.78 is 20.3. The molecule has 0 saturated carbocycles. The summed E-state index contributed by atoms with van der Waals surface area (Å²) >= 11 is 2.69. The van der Waals surface area contributed by atoms with Crippen molar-refractivity contribution >= 4 is 40.5 Å². The van der Waals surface area contributed by atoms with Crippen LogP contribution in [-0.2, 0) is 9.53 Å². The monoisotopic (exact) mass is 443 g/mol. The Kier molecular flexibility index (Phi) is 5.65. The third-order valence-electron chi connectivity index (χ3n) is 4.54. The maximum Gasteiger partial charge on any atom is 0.338 e. The SMILES string of the molecule is CCOC(=O)C1=C(C)N=c2s/c(=C\Nc3ccc(F)cc3)c(=O)n2[C@H]1c1cccs1. The molecule has 154 valence electrons. The van der Waals surface area contributed by atoms with Crippen LogP contribution in [0.25, 0.3) is 6.20 Å². The molecule has 1 aromatic carbocycles. The largest absolute Gasteiger partial charge is 0.463 e. The average molecular weight is 444 g/mol. The van der Waals surface area contributed by atoms with Crippen LogP contribution >= 0.6 is 22.7 Å². The van der Waals surface area contributed by atoms with Crippen molar-refractivity contribution in [1.82, 2.24) is 4.57 Å². The zero-order valence-corrected chi connectivity index (χ0v) is 17.8. The first kappa shape index (κ1) is 20.2. The molecule has 9 heteroatoms. The third-order valence-corrected chi connectivity index (χ3v) is 6.45. The van der Waals surface area contributed by atoms with Crippen molar-refractivity contribution in [3.8, 4) is 0 Å². The number of ether oxygens (including phenoxy) is 1. The maximum atomic E-state index is 13.2. The van der Waals surface area contributed by atoms with Crippen molar-refractivity contribution < 1.29 is 13.9 Å². The van der Waals surface area contributed by atoms with E-state index in [9.17, 15) is 14.0 Å². The molecule has 2 aromatic heterocycles. The molecule has 0 bridgehead atoms. The lowest BCUT2D eigenvalue weighted by atomic mass is 10.0. The summed E-state index contributed by atoms with van der Waals surface area (Å²) in [4.78, 5) is 31.8. The third kappa shape index (κ3) is 3.73. The molecule has 0 radical (unpaired) electrons. The molecular weight excluding hydrogens is 425 g/mol. The van der Waals surface area contributed by atoms with E-state index in [2.05, 4.69) is 10.3 Å². The molecule has 1 aliphatic heterocycles. The van der Waals surface area contributed by atoms with Crippen molar-refractivity contribution in [3.63, 3.8) is 0 Å². The van der Waals surface area contributed by atoms with Gasteiger partial charge >= 0.3 is 5.97 Å². The summed E-state index contributed by atoms with van der Waals surface area (Å²) in [6.45, 7) is 3.73. The van der Waals surface area contributed by atoms with Crippen LogP contribution in [-0.4, -0.2) is 17.1 Å². The first-order valence-corrected chi connectivity index (χ1v) is 10.9. The number of thiazole rings is 1. The topological polar surface area (TPSA) is 72.7 Å². The number of nitrogens with one attached hydrogen (secondary N) is 1. The zero-order valence-electron chi connectivity index (χ0n) is 16.2. The molecule has 3 heterocycles. The summed E-state index contributed by atoms with van der Waals surface area (Å²) in [5.41, 5.74) is 1.29. The van der Waals surface area contributed by atoms with E-state index in [-0.39, 0.29) is 18.0 Å². The molecule has 0 amide bonds. The number of thiophene rings is 1. The van der Waals surface area contributed by atoms with E-state index in [4.69, 9.17) is 4.74 Å². The lowest BCUT2D eigenvalue weighted by molar-refractivity contribution is -0.139. The summed E-state index contributed by atoms with van der Waals surface area (Å²) in [5, 5.41) is 4.92. The number of aromatic nitrogens is 1. The molecule has 0 spiro atoms. The molecule has 0 saturated heterocycles. The lowest BCUT2D eigenvalue weighted by Gasteiger charge is -2.23. The standard InChI is InChI=1S/C21H18FN3O3S2/c1-3-28-20(27)17-12(2)24-21-25(18(17)15-5-4-10-29-15)19(26)16(30-21)11-23-14-8-6-13(22)7-9-14/h4-11,18,23H,3H2,1-2H3/b16-11-/t18-/m0/s1. The Labute approximate surface area is 179 Å². The van der Waals surface area contributed by atoms with E-state index >= 15 is 0 Å². The van der Waals surface area contributed by atoms with Gasteiger partial charge in [0, 0.05) is 16.8 Å². The average Bonchev–Trinajstić information content (AvgIpc) is 3.35. The van der Waals surface area contributed by atoms with Crippen LogP contribution in [0.1, 0.15) is 24.8 Å². The van der Waals surface area contributed by atoms with Crippen molar-refractivity contribution in [1.29, 1.82) is 0 Å². The van der Waals surface area contributed by atoms with Crippen LogP contribution in [0.5, 0.6) is 0 Å². The van der Waals surface area contributed by atoms with Gasteiger partial charge in [-0.3, -0.25) is 9.36 Å².